The molecule has 0 unspecified atom stereocenters. The molecule has 8 heteroatoms. The molecule has 0 radical (unpaired) electrons. The number of benzene rings is 2. The number of rotatable bonds is 9. The van der Waals surface area contributed by atoms with Crippen LogP contribution in [0, 0.1) is 11.3 Å². The highest BCUT2D eigenvalue weighted by molar-refractivity contribution is 5.91. The van der Waals surface area contributed by atoms with Gasteiger partial charge in [-0.15, -0.1) is 0 Å². The van der Waals surface area contributed by atoms with Crippen LogP contribution in [0.25, 0.3) is 0 Å². The summed E-state index contributed by atoms with van der Waals surface area (Å²) < 4.78 is 15.9. The highest BCUT2D eigenvalue weighted by Gasteiger charge is 2.13. The summed E-state index contributed by atoms with van der Waals surface area (Å²) in [6, 6.07) is 11.3. The Bertz CT molecular complexity index is 904. The Kier molecular flexibility index (Phi) is 7.22. The zero-order valence-electron chi connectivity index (χ0n) is 15.5. The van der Waals surface area contributed by atoms with E-state index >= 15 is 0 Å². The van der Waals surface area contributed by atoms with Gasteiger partial charge >= 0.3 is 5.97 Å². The van der Waals surface area contributed by atoms with Gasteiger partial charge in [-0.2, -0.15) is 5.26 Å². The van der Waals surface area contributed by atoms with Gasteiger partial charge in [0, 0.05) is 12.6 Å². The number of carbonyl (C=O) groups is 2. The van der Waals surface area contributed by atoms with Gasteiger partial charge in [0.25, 0.3) is 5.91 Å². The molecule has 0 aliphatic carbocycles. The number of hydrogen-bond donors (Lipinski definition) is 2. The summed E-state index contributed by atoms with van der Waals surface area (Å²) in [7, 11) is 1.39. The number of nitrogens with one attached hydrogen (secondary N) is 1. The molecule has 146 valence electrons. The van der Waals surface area contributed by atoms with Crippen LogP contribution in [0.3, 0.4) is 0 Å². The van der Waals surface area contributed by atoms with Crippen LogP contribution in [0.4, 0.5) is 0 Å². The Morgan fingerprint density at radius 1 is 1.11 bits per heavy atom. The minimum absolute atomic E-state index is 0.0180. The summed E-state index contributed by atoms with van der Waals surface area (Å²) in [5.41, 5.74) is 1.05. The number of nitrogens with zero attached hydrogens (tertiary/aromatic N) is 1. The molecule has 0 spiro atoms. The van der Waals surface area contributed by atoms with E-state index < -0.39 is 5.97 Å². The number of carboxylic acid groups (broad SMARTS) is 1. The van der Waals surface area contributed by atoms with Crippen molar-refractivity contribution in [2.24, 2.45) is 0 Å². The topological polar surface area (TPSA) is 118 Å². The Balaban J connectivity index is 1.96. The highest BCUT2D eigenvalue weighted by atomic mass is 16.5. The number of hydrogen-bond acceptors (Lipinski definition) is 6. The smallest absolute Gasteiger partial charge is 0.339 e. The zero-order valence-corrected chi connectivity index (χ0v) is 15.5. The third-order valence-electron chi connectivity index (χ3n) is 3.72. The molecule has 2 N–H and O–H groups in total. The van der Waals surface area contributed by atoms with Crippen molar-refractivity contribution in [3.05, 3.63) is 53.1 Å². The van der Waals surface area contributed by atoms with Gasteiger partial charge in [-0.3, -0.25) is 4.79 Å². The number of methoxy groups -OCH3 is 1. The quantitative estimate of drug-likeness (QED) is 0.681. The van der Waals surface area contributed by atoms with Crippen LogP contribution in [0.15, 0.2) is 36.4 Å². The SMILES string of the molecule is CCOc1cc(C#N)ccc1OCC(=O)NCc1ccc(OC)c(C(=O)O)c1. The van der Waals surface area contributed by atoms with E-state index in [9.17, 15) is 14.7 Å². The van der Waals surface area contributed by atoms with Crippen molar-refractivity contribution in [3.8, 4) is 23.3 Å². The normalized spacial score (nSPS) is 9.89. The van der Waals surface area contributed by atoms with Gasteiger partial charge in [-0.25, -0.2) is 4.79 Å². The molecule has 28 heavy (non-hydrogen) atoms. The molecule has 0 bridgehead atoms. The van der Waals surface area contributed by atoms with Crippen LogP contribution < -0.4 is 19.5 Å². The molecular formula is C20H20N2O6. The highest BCUT2D eigenvalue weighted by Crippen LogP contribution is 2.28. The minimum atomic E-state index is -1.11. The maximum Gasteiger partial charge on any atom is 0.339 e. The third kappa shape index (κ3) is 5.38. The fourth-order valence-corrected chi connectivity index (χ4v) is 2.39. The molecule has 0 saturated carbocycles. The molecule has 0 aromatic heterocycles. The van der Waals surface area contributed by atoms with E-state index in [1.165, 1.54) is 19.2 Å². The molecule has 2 rings (SSSR count). The van der Waals surface area contributed by atoms with Crippen LogP contribution in [0.1, 0.15) is 28.4 Å². The van der Waals surface area contributed by atoms with Gasteiger partial charge in [0.05, 0.1) is 25.3 Å². The van der Waals surface area contributed by atoms with E-state index in [1.54, 1.807) is 31.2 Å². The Morgan fingerprint density at radius 2 is 1.86 bits per heavy atom. The first kappa shape index (κ1) is 20.6. The largest absolute Gasteiger partial charge is 0.496 e. The van der Waals surface area contributed by atoms with Crippen molar-refractivity contribution in [2.75, 3.05) is 20.3 Å². The lowest BCUT2D eigenvalue weighted by molar-refractivity contribution is -0.123. The summed E-state index contributed by atoms with van der Waals surface area (Å²) in [6.45, 7) is 2.07. The molecule has 0 heterocycles. The second-order valence-corrected chi connectivity index (χ2v) is 5.61. The molecule has 0 fully saturated rings. The Morgan fingerprint density at radius 3 is 2.50 bits per heavy atom. The predicted octanol–water partition coefficient (Wildman–Crippen LogP) is 2.36. The first-order valence-electron chi connectivity index (χ1n) is 8.45. The summed E-state index contributed by atoms with van der Waals surface area (Å²) >= 11 is 0. The zero-order chi connectivity index (χ0) is 20.5. The van der Waals surface area contributed by atoms with Gasteiger partial charge in [0.2, 0.25) is 0 Å². The molecule has 0 saturated heterocycles. The van der Waals surface area contributed by atoms with E-state index in [0.29, 0.717) is 29.2 Å². The Labute approximate surface area is 162 Å². The first-order chi connectivity index (χ1) is 13.5. The van der Waals surface area contributed by atoms with Gasteiger partial charge in [-0.05, 0) is 36.8 Å². The van der Waals surface area contributed by atoms with Crippen molar-refractivity contribution >= 4 is 11.9 Å². The van der Waals surface area contributed by atoms with Crippen molar-refractivity contribution in [1.82, 2.24) is 5.32 Å². The second-order valence-electron chi connectivity index (χ2n) is 5.61. The predicted molar refractivity (Wildman–Crippen MR) is 99.6 cm³/mol. The first-order valence-corrected chi connectivity index (χ1v) is 8.45. The summed E-state index contributed by atoms with van der Waals surface area (Å²) in [6.07, 6.45) is 0. The number of carboxylic acids is 1. The van der Waals surface area contributed by atoms with Crippen LogP contribution in [-0.4, -0.2) is 37.3 Å². The van der Waals surface area contributed by atoms with E-state index in [2.05, 4.69) is 5.32 Å². The molecule has 2 aromatic rings. The lowest BCUT2D eigenvalue weighted by atomic mass is 10.1. The number of aromatic carboxylic acids is 1. The lowest BCUT2D eigenvalue weighted by Crippen LogP contribution is -2.28. The van der Waals surface area contributed by atoms with E-state index in [1.807, 2.05) is 6.07 Å². The molecular weight excluding hydrogens is 364 g/mol. The maximum absolute atomic E-state index is 12.1. The molecule has 0 aliphatic heterocycles. The van der Waals surface area contributed by atoms with Crippen LogP contribution in [0.2, 0.25) is 0 Å². The van der Waals surface area contributed by atoms with E-state index in [0.717, 1.165) is 0 Å². The standard InChI is InChI=1S/C20H20N2O6/c1-3-27-18-9-13(10-21)4-7-17(18)28-12-19(23)22-11-14-5-6-16(26-2)15(8-14)20(24)25/h4-9H,3,11-12H2,1-2H3,(H,22,23)(H,24,25). The average Bonchev–Trinajstić information content (AvgIpc) is 2.71. The molecule has 8 nitrogen and oxygen atoms in total. The van der Waals surface area contributed by atoms with Gasteiger partial charge in [0.1, 0.15) is 11.3 Å². The van der Waals surface area contributed by atoms with Gasteiger partial charge in [0.15, 0.2) is 18.1 Å². The van der Waals surface area contributed by atoms with E-state index in [-0.39, 0.29) is 30.4 Å². The van der Waals surface area contributed by atoms with Crippen molar-refractivity contribution in [2.45, 2.75) is 13.5 Å². The molecule has 0 atom stereocenters. The minimum Gasteiger partial charge on any atom is -0.496 e. The average molecular weight is 384 g/mol. The van der Waals surface area contributed by atoms with Crippen molar-refractivity contribution in [3.63, 3.8) is 0 Å². The summed E-state index contributed by atoms with van der Waals surface area (Å²) in [5, 5.41) is 20.8. The van der Waals surface area contributed by atoms with Crippen molar-refractivity contribution < 1.29 is 28.9 Å². The fourth-order valence-electron chi connectivity index (χ4n) is 2.39. The van der Waals surface area contributed by atoms with Gasteiger partial charge < -0.3 is 24.6 Å². The summed E-state index contributed by atoms with van der Waals surface area (Å²) in [4.78, 5) is 23.3. The monoisotopic (exact) mass is 384 g/mol. The third-order valence-corrected chi connectivity index (χ3v) is 3.72. The van der Waals surface area contributed by atoms with Crippen LogP contribution >= 0.6 is 0 Å². The number of amides is 1. The maximum atomic E-state index is 12.1. The summed E-state index contributed by atoms with van der Waals surface area (Å²) in [5.74, 6) is -0.517. The fraction of sp³-hybridized carbons (Fsp3) is 0.250. The second kappa shape index (κ2) is 9.83. The van der Waals surface area contributed by atoms with Crippen molar-refractivity contribution in [1.29, 1.82) is 5.26 Å². The molecule has 1 amide bonds. The van der Waals surface area contributed by atoms with E-state index in [4.69, 9.17) is 19.5 Å². The van der Waals surface area contributed by atoms with Crippen LogP contribution in [0.5, 0.6) is 17.2 Å². The molecule has 0 aliphatic rings. The number of nitriles is 1. The number of carbonyl (C=O) groups excluding carboxylic acids is 1. The lowest BCUT2D eigenvalue weighted by Gasteiger charge is -2.12. The molecule has 2 aromatic carbocycles. The van der Waals surface area contributed by atoms with Crippen LogP contribution in [-0.2, 0) is 11.3 Å². The van der Waals surface area contributed by atoms with Gasteiger partial charge in [-0.1, -0.05) is 6.07 Å². The Hall–Kier alpha value is -3.73. The number of ether oxygens (including phenoxy) is 3.